The number of piperidine rings is 1. The molecule has 29 heavy (non-hydrogen) atoms. The van der Waals surface area contributed by atoms with E-state index in [2.05, 4.69) is 26.7 Å². The van der Waals surface area contributed by atoms with Crippen molar-refractivity contribution in [1.29, 1.82) is 0 Å². The Kier molecular flexibility index (Phi) is 6.69. The van der Waals surface area contributed by atoms with Gasteiger partial charge in [-0.2, -0.15) is 5.10 Å². The zero-order valence-electron chi connectivity index (χ0n) is 17.7. The molecule has 0 radical (unpaired) electrons. The Morgan fingerprint density at radius 3 is 2.55 bits per heavy atom. The van der Waals surface area contributed by atoms with E-state index in [4.69, 9.17) is 0 Å². The average Bonchev–Trinajstić information content (AvgIpc) is 3.17. The number of nitrogens with one attached hydrogen (secondary N) is 2. The van der Waals surface area contributed by atoms with Crippen molar-refractivity contribution in [3.05, 3.63) is 41.7 Å². The van der Waals surface area contributed by atoms with E-state index in [0.717, 1.165) is 49.4 Å². The Morgan fingerprint density at radius 1 is 1.21 bits per heavy atom. The Labute approximate surface area is 172 Å². The summed E-state index contributed by atoms with van der Waals surface area (Å²) in [5.74, 6) is -0.00893. The second-order valence-electron chi connectivity index (χ2n) is 7.87. The highest BCUT2D eigenvalue weighted by molar-refractivity contribution is 5.95. The van der Waals surface area contributed by atoms with Crippen LogP contribution < -0.4 is 10.6 Å². The molecule has 2 N–H and O–H groups in total. The number of amides is 2. The maximum absolute atomic E-state index is 12.7. The number of carbonyl (C=O) groups is 2. The minimum atomic E-state index is -0.234. The van der Waals surface area contributed by atoms with Crippen molar-refractivity contribution in [3.8, 4) is 0 Å². The molecular formula is C22H31N5O2. The van der Waals surface area contributed by atoms with Gasteiger partial charge in [0.05, 0.1) is 17.9 Å². The van der Waals surface area contributed by atoms with Gasteiger partial charge in [-0.25, -0.2) is 0 Å². The van der Waals surface area contributed by atoms with Crippen molar-refractivity contribution < 1.29 is 9.59 Å². The van der Waals surface area contributed by atoms with Crippen LogP contribution in [0.5, 0.6) is 0 Å². The van der Waals surface area contributed by atoms with Crippen LogP contribution in [0, 0.1) is 19.8 Å². The molecular weight excluding hydrogens is 366 g/mol. The van der Waals surface area contributed by atoms with Gasteiger partial charge >= 0.3 is 0 Å². The standard InChI is InChI=1S/C22H31N5O2/c1-5-27-14-19(13-23-27)24-22(29)18-8-10-26(11-9-18)17(4)21(28)25-20-7-6-15(2)12-16(20)3/h6-7,12-14,17-18H,5,8-11H2,1-4H3,(H,24,29)(H,25,28). The maximum Gasteiger partial charge on any atom is 0.241 e. The fourth-order valence-electron chi connectivity index (χ4n) is 3.75. The molecule has 1 aliphatic rings. The minimum absolute atomic E-state index is 0.00756. The first-order chi connectivity index (χ1) is 13.9. The van der Waals surface area contributed by atoms with Gasteiger partial charge in [0.25, 0.3) is 0 Å². The molecule has 1 atom stereocenters. The minimum Gasteiger partial charge on any atom is -0.324 e. The first kappa shape index (κ1) is 21.0. The molecule has 1 aliphatic heterocycles. The van der Waals surface area contributed by atoms with Gasteiger partial charge in [0.15, 0.2) is 0 Å². The predicted molar refractivity (Wildman–Crippen MR) is 115 cm³/mol. The average molecular weight is 398 g/mol. The van der Waals surface area contributed by atoms with E-state index >= 15 is 0 Å². The summed E-state index contributed by atoms with van der Waals surface area (Å²) < 4.78 is 1.79. The molecule has 7 heteroatoms. The molecule has 0 bridgehead atoms. The molecule has 3 rings (SSSR count). The molecule has 1 saturated heterocycles. The topological polar surface area (TPSA) is 79.3 Å². The van der Waals surface area contributed by atoms with E-state index in [0.29, 0.717) is 0 Å². The van der Waals surface area contributed by atoms with Gasteiger partial charge in [0.1, 0.15) is 0 Å². The zero-order valence-corrected chi connectivity index (χ0v) is 17.7. The van der Waals surface area contributed by atoms with Gasteiger partial charge in [-0.05, 0) is 65.3 Å². The van der Waals surface area contributed by atoms with Crippen LogP contribution in [0.3, 0.4) is 0 Å². The first-order valence-corrected chi connectivity index (χ1v) is 10.3. The molecule has 7 nitrogen and oxygen atoms in total. The summed E-state index contributed by atoms with van der Waals surface area (Å²) in [6.07, 6.45) is 5.01. The number of hydrogen-bond donors (Lipinski definition) is 2. The number of rotatable bonds is 6. The largest absolute Gasteiger partial charge is 0.324 e. The highest BCUT2D eigenvalue weighted by atomic mass is 16.2. The van der Waals surface area contributed by atoms with Gasteiger partial charge in [0.2, 0.25) is 11.8 Å². The number of benzene rings is 1. The summed E-state index contributed by atoms with van der Waals surface area (Å²) in [6.45, 7) is 10.2. The first-order valence-electron chi connectivity index (χ1n) is 10.3. The summed E-state index contributed by atoms with van der Waals surface area (Å²) in [5.41, 5.74) is 3.83. The Bertz CT molecular complexity index is 868. The molecule has 1 fully saturated rings. The van der Waals surface area contributed by atoms with Gasteiger partial charge in [0, 0.05) is 24.3 Å². The van der Waals surface area contributed by atoms with E-state index < -0.39 is 0 Å². The lowest BCUT2D eigenvalue weighted by Gasteiger charge is -2.34. The van der Waals surface area contributed by atoms with Crippen molar-refractivity contribution in [3.63, 3.8) is 0 Å². The fourth-order valence-corrected chi connectivity index (χ4v) is 3.75. The van der Waals surface area contributed by atoms with Crippen molar-refractivity contribution in [2.75, 3.05) is 23.7 Å². The molecule has 0 aliphatic carbocycles. The van der Waals surface area contributed by atoms with Crippen LogP contribution in [0.4, 0.5) is 11.4 Å². The van der Waals surface area contributed by atoms with Crippen LogP contribution in [0.2, 0.25) is 0 Å². The van der Waals surface area contributed by atoms with Crippen LogP contribution in [-0.2, 0) is 16.1 Å². The molecule has 1 aromatic carbocycles. The summed E-state index contributed by atoms with van der Waals surface area (Å²) in [4.78, 5) is 27.4. The maximum atomic E-state index is 12.7. The third-order valence-corrected chi connectivity index (χ3v) is 5.69. The monoisotopic (exact) mass is 397 g/mol. The van der Waals surface area contributed by atoms with Crippen molar-refractivity contribution in [2.45, 2.75) is 53.1 Å². The van der Waals surface area contributed by atoms with Crippen LogP contribution >= 0.6 is 0 Å². The van der Waals surface area contributed by atoms with Crippen LogP contribution in [0.1, 0.15) is 37.8 Å². The smallest absolute Gasteiger partial charge is 0.241 e. The van der Waals surface area contributed by atoms with Gasteiger partial charge in [-0.1, -0.05) is 17.7 Å². The molecule has 156 valence electrons. The number of anilines is 2. The molecule has 1 aromatic heterocycles. The predicted octanol–water partition coefficient (Wildman–Crippen LogP) is 3.20. The summed E-state index contributed by atoms with van der Waals surface area (Å²) in [6, 6.07) is 5.78. The summed E-state index contributed by atoms with van der Waals surface area (Å²) >= 11 is 0. The Balaban J connectivity index is 1.50. The highest BCUT2D eigenvalue weighted by Crippen LogP contribution is 2.22. The number of aromatic nitrogens is 2. The van der Waals surface area contributed by atoms with E-state index in [1.54, 1.807) is 10.9 Å². The third-order valence-electron chi connectivity index (χ3n) is 5.69. The van der Waals surface area contributed by atoms with Gasteiger partial charge < -0.3 is 10.6 Å². The quantitative estimate of drug-likeness (QED) is 0.785. The summed E-state index contributed by atoms with van der Waals surface area (Å²) in [5, 5.41) is 10.2. The zero-order chi connectivity index (χ0) is 21.0. The Morgan fingerprint density at radius 2 is 1.93 bits per heavy atom. The molecule has 0 saturated carbocycles. The number of nitrogens with zero attached hydrogens (tertiary/aromatic N) is 3. The lowest BCUT2D eigenvalue weighted by Crippen LogP contribution is -2.47. The third kappa shape index (κ3) is 5.23. The van der Waals surface area contributed by atoms with E-state index in [-0.39, 0.29) is 23.8 Å². The number of aryl methyl sites for hydroxylation is 3. The van der Waals surface area contributed by atoms with E-state index in [9.17, 15) is 9.59 Å². The molecule has 1 unspecified atom stereocenters. The number of hydrogen-bond acceptors (Lipinski definition) is 4. The number of likely N-dealkylation sites (tertiary alicyclic amines) is 1. The van der Waals surface area contributed by atoms with Crippen LogP contribution in [-0.4, -0.2) is 45.6 Å². The van der Waals surface area contributed by atoms with Gasteiger partial charge in [-0.3, -0.25) is 19.2 Å². The van der Waals surface area contributed by atoms with Crippen molar-refractivity contribution >= 4 is 23.2 Å². The lowest BCUT2D eigenvalue weighted by atomic mass is 9.95. The lowest BCUT2D eigenvalue weighted by molar-refractivity contribution is -0.123. The van der Waals surface area contributed by atoms with Crippen molar-refractivity contribution in [2.24, 2.45) is 5.92 Å². The second kappa shape index (κ2) is 9.22. The second-order valence-corrected chi connectivity index (χ2v) is 7.87. The molecule has 2 amide bonds. The number of carbonyl (C=O) groups excluding carboxylic acids is 2. The molecule has 2 heterocycles. The van der Waals surface area contributed by atoms with Crippen molar-refractivity contribution in [1.82, 2.24) is 14.7 Å². The van der Waals surface area contributed by atoms with E-state index in [1.807, 2.05) is 46.0 Å². The Hall–Kier alpha value is -2.67. The molecule has 0 spiro atoms. The van der Waals surface area contributed by atoms with E-state index in [1.165, 1.54) is 5.56 Å². The van der Waals surface area contributed by atoms with Gasteiger partial charge in [-0.15, -0.1) is 0 Å². The molecule has 2 aromatic rings. The highest BCUT2D eigenvalue weighted by Gasteiger charge is 2.30. The normalized spacial score (nSPS) is 16.4. The summed E-state index contributed by atoms with van der Waals surface area (Å²) in [7, 11) is 0. The fraction of sp³-hybridized carbons (Fsp3) is 0.500. The SMILES string of the molecule is CCn1cc(NC(=O)C2CCN(C(C)C(=O)Nc3ccc(C)cc3C)CC2)cn1. The van der Waals surface area contributed by atoms with Crippen LogP contribution in [0.25, 0.3) is 0 Å². The van der Waals surface area contributed by atoms with Crippen LogP contribution in [0.15, 0.2) is 30.6 Å².